The number of hydrogen-bond donors (Lipinski definition) is 1. The fourth-order valence-corrected chi connectivity index (χ4v) is 12.9. The molecule has 1 N–H and O–H groups in total. The summed E-state index contributed by atoms with van der Waals surface area (Å²) in [7, 11) is 0. The quantitative estimate of drug-likeness (QED) is 0.0978. The van der Waals surface area contributed by atoms with Crippen LogP contribution in [0.15, 0.2) is 12.2 Å². The number of ether oxygens (including phenoxy) is 5. The minimum absolute atomic E-state index is 0.00651. The highest BCUT2D eigenvalue weighted by Gasteiger charge is 2.72. The summed E-state index contributed by atoms with van der Waals surface area (Å²) in [4.78, 5) is 38.5. The number of allylic oxidation sites excluding steroid dienone is 1. The molecule has 0 spiro atoms. The summed E-state index contributed by atoms with van der Waals surface area (Å²) in [5.41, 5.74) is 0.360. The van der Waals surface area contributed by atoms with E-state index in [2.05, 4.69) is 41.2 Å². The Morgan fingerprint density at radius 3 is 2.06 bits per heavy atom. The topological polar surface area (TPSA) is 118 Å². The number of fused-ring (bicyclic) bond motifs is 7. The molecule has 5 fully saturated rings. The Bertz CT molecular complexity index is 1250. The highest BCUT2D eigenvalue weighted by Crippen LogP contribution is 2.77. The molecule has 0 heterocycles. The van der Waals surface area contributed by atoms with E-state index in [4.69, 9.17) is 28.8 Å². The van der Waals surface area contributed by atoms with Gasteiger partial charge in [0.2, 0.25) is 0 Å². The zero-order valence-corrected chi connectivity index (χ0v) is 31.4. The molecule has 0 amide bonds. The standard InChI is InChI=1S/C40H64O9/c1-26(2)29-11-16-40(35(44)47-24-23-46-22-21-45-20-19-41)18-17-38(7)30(34(29)40)9-10-32-36(5)14-13-33(49-28(4)43)37(6,25-48-27(3)42)31(36)12-15-39(32,38)8/h29-34,41H,1,9-25H2,2-8H3/t29-,30?,31?,32?,33-,34?,36-,37-,38+,39+,40-/m0/s1. The number of aliphatic hydroxyl groups excluding tert-OH is 1. The third-order valence-electron chi connectivity index (χ3n) is 15.2. The van der Waals surface area contributed by atoms with Gasteiger partial charge >= 0.3 is 17.9 Å². The van der Waals surface area contributed by atoms with Crippen molar-refractivity contribution in [3.05, 3.63) is 12.2 Å². The lowest BCUT2D eigenvalue weighted by molar-refractivity contribution is -0.257. The van der Waals surface area contributed by atoms with Crippen LogP contribution in [-0.2, 0) is 38.1 Å². The van der Waals surface area contributed by atoms with Crippen molar-refractivity contribution in [2.75, 3.05) is 46.2 Å². The van der Waals surface area contributed by atoms with Crippen LogP contribution in [0.5, 0.6) is 0 Å². The summed E-state index contributed by atoms with van der Waals surface area (Å²) in [5.74, 6) is 0.995. The molecule has 0 aromatic carbocycles. The van der Waals surface area contributed by atoms with Gasteiger partial charge in [-0.25, -0.2) is 0 Å². The normalized spacial score (nSPS) is 42.5. The van der Waals surface area contributed by atoms with Crippen molar-refractivity contribution in [1.82, 2.24) is 0 Å². The molecule has 5 rings (SSSR count). The number of esters is 3. The maximum Gasteiger partial charge on any atom is 0.312 e. The third kappa shape index (κ3) is 6.52. The van der Waals surface area contributed by atoms with Crippen molar-refractivity contribution in [3.63, 3.8) is 0 Å². The first-order valence-corrected chi connectivity index (χ1v) is 19.0. The van der Waals surface area contributed by atoms with E-state index >= 15 is 0 Å². The van der Waals surface area contributed by atoms with Crippen molar-refractivity contribution in [1.29, 1.82) is 0 Å². The van der Waals surface area contributed by atoms with Gasteiger partial charge in [0.25, 0.3) is 0 Å². The number of rotatable bonds is 13. The lowest BCUT2D eigenvalue weighted by Gasteiger charge is -2.72. The molecule has 0 saturated heterocycles. The molecule has 9 heteroatoms. The minimum atomic E-state index is -0.493. The molecule has 278 valence electrons. The van der Waals surface area contributed by atoms with Crippen LogP contribution in [0.3, 0.4) is 0 Å². The first-order chi connectivity index (χ1) is 23.1. The molecule has 5 aliphatic carbocycles. The Labute approximate surface area is 294 Å². The number of hydrogen-bond acceptors (Lipinski definition) is 9. The van der Waals surface area contributed by atoms with E-state index in [1.54, 1.807) is 0 Å². The van der Waals surface area contributed by atoms with Crippen LogP contribution in [0.1, 0.15) is 113 Å². The monoisotopic (exact) mass is 688 g/mol. The Balaban J connectivity index is 1.39. The molecule has 49 heavy (non-hydrogen) atoms. The first kappa shape index (κ1) is 38.3. The van der Waals surface area contributed by atoms with Gasteiger partial charge in [-0.15, -0.1) is 0 Å². The molecular weight excluding hydrogens is 624 g/mol. The SMILES string of the molecule is C=C(C)[C@@H]1CC[C@]2(C(=O)OCCOCCOCCO)CC[C@]3(C)C(CCC4[C@@]5(C)CC[C@H](OC(C)=O)[C@@](C)(COC(C)=O)C5CC[C@]43C)C12. The maximum atomic E-state index is 14.2. The lowest BCUT2D eigenvalue weighted by Crippen LogP contribution is -2.68. The van der Waals surface area contributed by atoms with Gasteiger partial charge in [-0.1, -0.05) is 39.8 Å². The molecule has 0 radical (unpaired) electrons. The van der Waals surface area contributed by atoms with Crippen molar-refractivity contribution >= 4 is 17.9 Å². The maximum absolute atomic E-state index is 14.2. The fourth-order valence-electron chi connectivity index (χ4n) is 12.9. The van der Waals surface area contributed by atoms with Gasteiger partial charge in [0, 0.05) is 19.3 Å². The Hall–Kier alpha value is -1.97. The predicted molar refractivity (Wildman–Crippen MR) is 185 cm³/mol. The van der Waals surface area contributed by atoms with E-state index in [0.29, 0.717) is 37.6 Å². The van der Waals surface area contributed by atoms with E-state index in [9.17, 15) is 14.4 Å². The van der Waals surface area contributed by atoms with Gasteiger partial charge < -0.3 is 28.8 Å². The first-order valence-electron chi connectivity index (χ1n) is 19.0. The van der Waals surface area contributed by atoms with Crippen molar-refractivity contribution in [2.45, 2.75) is 119 Å². The van der Waals surface area contributed by atoms with Gasteiger partial charge in [-0.3, -0.25) is 14.4 Å². The summed E-state index contributed by atoms with van der Waals surface area (Å²) in [6, 6.07) is 0. The summed E-state index contributed by atoms with van der Waals surface area (Å²) < 4.78 is 28.6. The van der Waals surface area contributed by atoms with Crippen LogP contribution in [0.4, 0.5) is 0 Å². The lowest BCUT2D eigenvalue weighted by atomic mass is 9.32. The molecule has 4 unspecified atom stereocenters. The summed E-state index contributed by atoms with van der Waals surface area (Å²) in [6.45, 7) is 21.2. The average molecular weight is 689 g/mol. The van der Waals surface area contributed by atoms with E-state index < -0.39 is 10.8 Å². The van der Waals surface area contributed by atoms with Crippen LogP contribution < -0.4 is 0 Å². The van der Waals surface area contributed by atoms with Crippen molar-refractivity contribution < 1.29 is 43.2 Å². The summed E-state index contributed by atoms with van der Waals surface area (Å²) in [6.07, 6.45) is 9.37. The molecule has 0 aromatic rings. The van der Waals surface area contributed by atoms with Crippen molar-refractivity contribution in [3.8, 4) is 0 Å². The second-order valence-corrected chi connectivity index (χ2v) is 17.3. The Morgan fingerprint density at radius 1 is 0.714 bits per heavy atom. The van der Waals surface area contributed by atoms with Crippen LogP contribution in [-0.4, -0.2) is 75.4 Å². The Kier molecular flexibility index (Phi) is 11.4. The van der Waals surface area contributed by atoms with Gasteiger partial charge in [-0.2, -0.15) is 0 Å². The summed E-state index contributed by atoms with van der Waals surface area (Å²) >= 11 is 0. The van der Waals surface area contributed by atoms with E-state index in [1.807, 2.05) is 0 Å². The number of carbonyl (C=O) groups excluding carboxylic acids is 3. The highest BCUT2D eigenvalue weighted by atomic mass is 16.6. The smallest absolute Gasteiger partial charge is 0.312 e. The molecule has 0 aromatic heterocycles. The van der Waals surface area contributed by atoms with Crippen molar-refractivity contribution in [2.24, 2.45) is 56.7 Å². The Morgan fingerprint density at radius 2 is 1.41 bits per heavy atom. The zero-order valence-electron chi connectivity index (χ0n) is 31.4. The van der Waals surface area contributed by atoms with E-state index in [0.717, 1.165) is 64.2 Å². The summed E-state index contributed by atoms with van der Waals surface area (Å²) in [5, 5.41) is 8.86. The molecule has 11 atom stereocenters. The minimum Gasteiger partial charge on any atom is -0.465 e. The van der Waals surface area contributed by atoms with Crippen LogP contribution >= 0.6 is 0 Å². The molecule has 0 aliphatic heterocycles. The molecule has 9 nitrogen and oxygen atoms in total. The fraction of sp³-hybridized carbons (Fsp3) is 0.875. The van der Waals surface area contributed by atoms with E-state index in [-0.39, 0.29) is 78.5 Å². The van der Waals surface area contributed by atoms with Gasteiger partial charge in [-0.05, 0) is 117 Å². The average Bonchev–Trinajstić information content (AvgIpc) is 3.44. The van der Waals surface area contributed by atoms with Crippen LogP contribution in [0.2, 0.25) is 0 Å². The van der Waals surface area contributed by atoms with Crippen LogP contribution in [0, 0.1) is 56.7 Å². The third-order valence-corrected chi connectivity index (χ3v) is 15.2. The second-order valence-electron chi connectivity index (χ2n) is 17.3. The van der Waals surface area contributed by atoms with Crippen LogP contribution in [0.25, 0.3) is 0 Å². The largest absolute Gasteiger partial charge is 0.465 e. The molecule has 5 saturated carbocycles. The zero-order chi connectivity index (χ0) is 35.8. The molecule has 0 bridgehead atoms. The second kappa shape index (κ2) is 14.6. The number of carbonyl (C=O) groups is 3. The highest BCUT2D eigenvalue weighted by molar-refractivity contribution is 5.78. The van der Waals surface area contributed by atoms with E-state index in [1.165, 1.54) is 19.4 Å². The van der Waals surface area contributed by atoms with Gasteiger partial charge in [0.05, 0.1) is 38.4 Å². The molecule has 5 aliphatic rings. The van der Waals surface area contributed by atoms with Gasteiger partial charge in [0.15, 0.2) is 0 Å². The van der Waals surface area contributed by atoms with Gasteiger partial charge in [0.1, 0.15) is 19.3 Å². The molecular formula is C40H64O9. The predicted octanol–water partition coefficient (Wildman–Crippen LogP) is 6.69. The number of aliphatic hydroxyl groups is 1.